The van der Waals surface area contributed by atoms with E-state index in [4.69, 9.17) is 9.47 Å². The molecule has 2 rings (SSSR count). The Morgan fingerprint density at radius 2 is 2.07 bits per heavy atom. The van der Waals surface area contributed by atoms with Crippen molar-refractivity contribution in [2.75, 3.05) is 27.8 Å². The van der Waals surface area contributed by atoms with Gasteiger partial charge in [0.1, 0.15) is 17.3 Å². The van der Waals surface area contributed by atoms with Gasteiger partial charge in [-0.15, -0.1) is 0 Å². The molecule has 0 amide bonds. The van der Waals surface area contributed by atoms with Crippen molar-refractivity contribution < 1.29 is 9.47 Å². The van der Waals surface area contributed by atoms with E-state index in [0.717, 1.165) is 54.8 Å². The van der Waals surface area contributed by atoms with Crippen LogP contribution in [0.1, 0.15) is 37.2 Å². The Morgan fingerprint density at radius 1 is 1.26 bits per heavy atom. The van der Waals surface area contributed by atoms with Gasteiger partial charge in [0.25, 0.3) is 0 Å². The van der Waals surface area contributed by atoms with E-state index in [1.54, 1.807) is 21.3 Å². The third kappa shape index (κ3) is 5.91. The molecule has 0 spiro atoms. The fourth-order valence-corrected chi connectivity index (χ4v) is 2.91. The highest BCUT2D eigenvalue weighted by Gasteiger charge is 2.14. The summed E-state index contributed by atoms with van der Waals surface area (Å²) in [6.07, 6.45) is 6.00. The van der Waals surface area contributed by atoms with E-state index in [1.165, 1.54) is 0 Å². The lowest BCUT2D eigenvalue weighted by atomic mass is 10.1. The van der Waals surface area contributed by atoms with E-state index in [0.29, 0.717) is 0 Å². The van der Waals surface area contributed by atoms with Gasteiger partial charge in [-0.2, -0.15) is 0 Å². The fraction of sp³-hybridized carbons (Fsp3) is 0.500. The molecule has 0 bridgehead atoms. The van der Waals surface area contributed by atoms with Crippen molar-refractivity contribution in [3.63, 3.8) is 0 Å². The molecule has 7 nitrogen and oxygen atoms in total. The normalized spacial score (nSPS) is 12.6. The molecule has 0 saturated carbocycles. The molecular formula is C20H31N5O2. The predicted molar refractivity (Wildman–Crippen MR) is 109 cm³/mol. The molecule has 0 aliphatic rings. The van der Waals surface area contributed by atoms with Crippen LogP contribution in [0.2, 0.25) is 0 Å². The molecule has 0 aliphatic carbocycles. The van der Waals surface area contributed by atoms with Crippen LogP contribution in [0.15, 0.2) is 35.6 Å². The predicted octanol–water partition coefficient (Wildman–Crippen LogP) is 2.92. The summed E-state index contributed by atoms with van der Waals surface area (Å²) < 4.78 is 13.0. The molecule has 1 aromatic heterocycles. The van der Waals surface area contributed by atoms with Crippen LogP contribution < -0.4 is 20.1 Å². The van der Waals surface area contributed by atoms with Crippen molar-refractivity contribution in [1.29, 1.82) is 0 Å². The molecule has 148 valence electrons. The van der Waals surface area contributed by atoms with Gasteiger partial charge in [0, 0.05) is 38.1 Å². The van der Waals surface area contributed by atoms with Gasteiger partial charge in [-0.3, -0.25) is 4.99 Å². The number of methoxy groups -OCH3 is 2. The first-order chi connectivity index (χ1) is 13.1. The van der Waals surface area contributed by atoms with Gasteiger partial charge in [0.2, 0.25) is 0 Å². The number of nitrogens with one attached hydrogen (secondary N) is 2. The molecule has 7 heteroatoms. The van der Waals surface area contributed by atoms with Crippen LogP contribution in [-0.4, -0.2) is 43.3 Å². The summed E-state index contributed by atoms with van der Waals surface area (Å²) in [5.41, 5.74) is 1.02. The number of hydrogen-bond acceptors (Lipinski definition) is 4. The molecule has 0 saturated heterocycles. The largest absolute Gasteiger partial charge is 0.497 e. The maximum Gasteiger partial charge on any atom is 0.191 e. The van der Waals surface area contributed by atoms with Crippen LogP contribution in [0.5, 0.6) is 11.5 Å². The summed E-state index contributed by atoms with van der Waals surface area (Å²) in [5, 5.41) is 6.78. The number of guanidine groups is 1. The number of imidazole rings is 1. The Balaban J connectivity index is 1.83. The molecule has 1 atom stereocenters. The summed E-state index contributed by atoms with van der Waals surface area (Å²) in [5.74, 6) is 3.45. The SMILES string of the molecule is CN=C(NCCCCn1ccnc1C)NC(C)c1cc(OC)ccc1OC. The Bertz CT molecular complexity index is 742. The minimum atomic E-state index is 0.0230. The summed E-state index contributed by atoms with van der Waals surface area (Å²) >= 11 is 0. The van der Waals surface area contributed by atoms with Crippen LogP contribution in [0.25, 0.3) is 0 Å². The fourth-order valence-electron chi connectivity index (χ4n) is 2.91. The second kappa shape index (κ2) is 10.4. The average Bonchev–Trinajstić information content (AvgIpc) is 3.10. The zero-order valence-corrected chi connectivity index (χ0v) is 17.0. The number of rotatable bonds is 9. The number of unbranched alkanes of at least 4 members (excludes halogenated alkanes) is 1. The molecular weight excluding hydrogens is 342 g/mol. The molecule has 0 radical (unpaired) electrons. The van der Waals surface area contributed by atoms with Gasteiger partial charge in [-0.25, -0.2) is 4.98 Å². The number of benzene rings is 1. The second-order valence-electron chi connectivity index (χ2n) is 6.35. The second-order valence-corrected chi connectivity index (χ2v) is 6.35. The molecule has 0 fully saturated rings. The molecule has 1 unspecified atom stereocenters. The minimum absolute atomic E-state index is 0.0230. The Labute approximate surface area is 161 Å². The highest BCUT2D eigenvalue weighted by Crippen LogP contribution is 2.29. The average molecular weight is 374 g/mol. The maximum atomic E-state index is 5.48. The summed E-state index contributed by atoms with van der Waals surface area (Å²) in [6, 6.07) is 5.82. The van der Waals surface area contributed by atoms with Gasteiger partial charge < -0.3 is 24.7 Å². The van der Waals surface area contributed by atoms with Gasteiger partial charge in [-0.1, -0.05) is 0 Å². The third-order valence-electron chi connectivity index (χ3n) is 4.52. The van der Waals surface area contributed by atoms with Crippen LogP contribution in [0, 0.1) is 6.92 Å². The van der Waals surface area contributed by atoms with E-state index in [-0.39, 0.29) is 6.04 Å². The van der Waals surface area contributed by atoms with E-state index in [9.17, 15) is 0 Å². The monoisotopic (exact) mass is 373 g/mol. The molecule has 1 aromatic carbocycles. The molecule has 0 aliphatic heterocycles. The third-order valence-corrected chi connectivity index (χ3v) is 4.52. The Kier molecular flexibility index (Phi) is 7.98. The highest BCUT2D eigenvalue weighted by atomic mass is 16.5. The zero-order chi connectivity index (χ0) is 19.6. The van der Waals surface area contributed by atoms with Gasteiger partial charge in [0.15, 0.2) is 5.96 Å². The molecule has 1 heterocycles. The molecule has 2 N–H and O–H groups in total. The number of ether oxygens (including phenoxy) is 2. The van der Waals surface area contributed by atoms with E-state index < -0.39 is 0 Å². The zero-order valence-electron chi connectivity index (χ0n) is 17.0. The van der Waals surface area contributed by atoms with Gasteiger partial charge in [0.05, 0.1) is 20.3 Å². The lowest BCUT2D eigenvalue weighted by molar-refractivity contribution is 0.394. The highest BCUT2D eigenvalue weighted by molar-refractivity contribution is 5.80. The van der Waals surface area contributed by atoms with Crippen molar-refractivity contribution in [1.82, 2.24) is 20.2 Å². The van der Waals surface area contributed by atoms with E-state index in [2.05, 4.69) is 32.1 Å². The lowest BCUT2D eigenvalue weighted by Crippen LogP contribution is -2.39. The molecule has 27 heavy (non-hydrogen) atoms. The Morgan fingerprint density at radius 3 is 2.70 bits per heavy atom. The number of aryl methyl sites for hydroxylation is 2. The first-order valence-electron chi connectivity index (χ1n) is 9.26. The van der Waals surface area contributed by atoms with Crippen LogP contribution in [0.3, 0.4) is 0 Å². The van der Waals surface area contributed by atoms with Crippen molar-refractivity contribution in [2.45, 2.75) is 39.3 Å². The Hall–Kier alpha value is -2.70. The van der Waals surface area contributed by atoms with Crippen molar-refractivity contribution in [3.05, 3.63) is 42.0 Å². The van der Waals surface area contributed by atoms with Crippen molar-refractivity contribution in [2.24, 2.45) is 4.99 Å². The van der Waals surface area contributed by atoms with E-state index in [1.807, 2.05) is 37.5 Å². The maximum absolute atomic E-state index is 5.48. The first kappa shape index (κ1) is 20.6. The number of hydrogen-bond donors (Lipinski definition) is 2. The summed E-state index contributed by atoms with van der Waals surface area (Å²) in [6.45, 7) is 5.94. The van der Waals surface area contributed by atoms with Crippen molar-refractivity contribution >= 4 is 5.96 Å². The first-order valence-corrected chi connectivity index (χ1v) is 9.26. The lowest BCUT2D eigenvalue weighted by Gasteiger charge is -2.21. The number of nitrogens with zero attached hydrogens (tertiary/aromatic N) is 3. The van der Waals surface area contributed by atoms with Crippen molar-refractivity contribution in [3.8, 4) is 11.5 Å². The number of aromatic nitrogens is 2. The van der Waals surface area contributed by atoms with Gasteiger partial charge in [-0.05, 0) is 44.9 Å². The molecule has 2 aromatic rings. The van der Waals surface area contributed by atoms with E-state index >= 15 is 0 Å². The van der Waals surface area contributed by atoms with Crippen LogP contribution in [0.4, 0.5) is 0 Å². The summed E-state index contributed by atoms with van der Waals surface area (Å²) in [4.78, 5) is 8.56. The topological polar surface area (TPSA) is 72.7 Å². The quantitative estimate of drug-likeness (QED) is 0.402. The van der Waals surface area contributed by atoms with Gasteiger partial charge >= 0.3 is 0 Å². The van der Waals surface area contributed by atoms with Crippen LogP contribution in [-0.2, 0) is 6.54 Å². The standard InChI is InChI=1S/C20H31N5O2/c1-15(18-14-17(26-4)8-9-19(18)27-5)24-20(21-3)23-10-6-7-12-25-13-11-22-16(25)2/h8-9,11,13-15H,6-7,10,12H2,1-5H3,(H2,21,23,24). The smallest absolute Gasteiger partial charge is 0.191 e. The number of aliphatic imine (C=N–C) groups is 1. The summed E-state index contributed by atoms with van der Waals surface area (Å²) in [7, 11) is 5.11. The minimum Gasteiger partial charge on any atom is -0.497 e. The van der Waals surface area contributed by atoms with Crippen LogP contribution >= 0.6 is 0 Å².